The molecule has 0 saturated heterocycles. The Morgan fingerprint density at radius 2 is 2.11 bits per heavy atom. The quantitative estimate of drug-likeness (QED) is 0.843. The summed E-state index contributed by atoms with van der Waals surface area (Å²) in [6.07, 6.45) is 2.08. The second kappa shape index (κ2) is 4.88. The first kappa shape index (κ1) is 14.5. The van der Waals surface area contributed by atoms with Crippen LogP contribution in [0.5, 0.6) is 0 Å². The van der Waals surface area contributed by atoms with E-state index in [0.717, 1.165) is 24.2 Å². The Morgan fingerprint density at radius 1 is 1.47 bits per heavy atom. The molecule has 1 heterocycles. The zero-order valence-electron chi connectivity index (χ0n) is 10.8. The molecule has 1 saturated carbocycles. The molecular weight excluding hydrogens is 286 g/mol. The van der Waals surface area contributed by atoms with E-state index in [1.807, 2.05) is 0 Å². The van der Waals surface area contributed by atoms with E-state index in [1.165, 1.54) is 12.1 Å². The van der Waals surface area contributed by atoms with Crippen LogP contribution in [0.3, 0.4) is 0 Å². The predicted octanol–water partition coefficient (Wildman–Crippen LogP) is 2.16. The van der Waals surface area contributed by atoms with Gasteiger partial charge < -0.3 is 5.11 Å². The van der Waals surface area contributed by atoms with Crippen molar-refractivity contribution < 1.29 is 18.3 Å². The maximum absolute atomic E-state index is 12.1. The normalized spacial score (nSPS) is 17.6. The van der Waals surface area contributed by atoms with Crippen molar-refractivity contribution in [2.75, 3.05) is 6.54 Å². The molecule has 2 rings (SSSR count). The average molecular weight is 303 g/mol. The van der Waals surface area contributed by atoms with Crippen LogP contribution >= 0.6 is 11.3 Å². The van der Waals surface area contributed by atoms with Crippen LogP contribution in [0.4, 0.5) is 0 Å². The number of hydrogen-bond donors (Lipinski definition) is 2. The van der Waals surface area contributed by atoms with Crippen LogP contribution < -0.4 is 4.72 Å². The van der Waals surface area contributed by atoms with Gasteiger partial charge in [-0.15, -0.1) is 11.3 Å². The van der Waals surface area contributed by atoms with E-state index in [1.54, 1.807) is 0 Å². The largest absolute Gasteiger partial charge is 0.477 e. The Labute approximate surface area is 116 Å². The summed E-state index contributed by atoms with van der Waals surface area (Å²) in [5, 5.41) is 8.80. The Hall–Kier alpha value is -0.920. The molecule has 2 N–H and O–H groups in total. The fourth-order valence-corrected chi connectivity index (χ4v) is 4.34. The number of nitrogens with one attached hydrogen (secondary N) is 1. The van der Waals surface area contributed by atoms with Gasteiger partial charge in [0.1, 0.15) is 9.09 Å². The summed E-state index contributed by atoms with van der Waals surface area (Å²) in [7, 11) is -3.59. The molecule has 7 heteroatoms. The van der Waals surface area contributed by atoms with Gasteiger partial charge in [0.15, 0.2) is 0 Å². The second-order valence-electron chi connectivity index (χ2n) is 5.27. The Kier molecular flexibility index (Phi) is 3.72. The van der Waals surface area contributed by atoms with Gasteiger partial charge in [-0.2, -0.15) is 0 Å². The molecule has 0 spiro atoms. The molecule has 19 heavy (non-hydrogen) atoms. The minimum atomic E-state index is -3.59. The smallest absolute Gasteiger partial charge is 0.345 e. The molecule has 0 aromatic carbocycles. The highest BCUT2D eigenvalue weighted by Crippen LogP contribution is 2.51. The van der Waals surface area contributed by atoms with E-state index in [0.29, 0.717) is 12.5 Å². The molecule has 0 unspecified atom stereocenters. The fraction of sp³-hybridized carbons (Fsp3) is 0.583. The molecule has 1 fully saturated rings. The number of aromatic carboxylic acids is 1. The lowest BCUT2D eigenvalue weighted by Gasteiger charge is -2.19. The number of carboxylic acid groups (broad SMARTS) is 1. The first-order chi connectivity index (χ1) is 8.77. The Balaban J connectivity index is 2.08. The van der Waals surface area contributed by atoms with E-state index in [-0.39, 0.29) is 14.5 Å². The van der Waals surface area contributed by atoms with Gasteiger partial charge in [-0.05, 0) is 36.3 Å². The fourth-order valence-electron chi connectivity index (χ4n) is 2.01. The van der Waals surface area contributed by atoms with Crippen LogP contribution in [0.15, 0.2) is 16.3 Å². The summed E-state index contributed by atoms with van der Waals surface area (Å²) in [6, 6.07) is 2.66. The van der Waals surface area contributed by atoms with E-state index in [9.17, 15) is 13.2 Å². The van der Waals surface area contributed by atoms with E-state index < -0.39 is 16.0 Å². The van der Waals surface area contributed by atoms with E-state index in [2.05, 4.69) is 18.6 Å². The van der Waals surface area contributed by atoms with Crippen molar-refractivity contribution in [1.29, 1.82) is 0 Å². The molecule has 1 aromatic heterocycles. The summed E-state index contributed by atoms with van der Waals surface area (Å²) >= 11 is 0.777. The number of rotatable bonds is 6. The van der Waals surface area contributed by atoms with Crippen molar-refractivity contribution in [3.05, 3.63) is 17.0 Å². The highest BCUT2D eigenvalue weighted by Gasteiger charge is 2.45. The monoisotopic (exact) mass is 303 g/mol. The highest BCUT2D eigenvalue weighted by atomic mass is 32.2. The van der Waals surface area contributed by atoms with Gasteiger partial charge in [0.2, 0.25) is 10.0 Å². The molecule has 1 aliphatic carbocycles. The minimum Gasteiger partial charge on any atom is -0.477 e. The third kappa shape index (κ3) is 2.98. The number of thiophene rings is 1. The summed E-state index contributed by atoms with van der Waals surface area (Å²) in [4.78, 5) is 10.8. The standard InChI is InChI=1S/C12H17NO4S2/c1-8(2)12(5-6-12)7-13-19(16,17)10-4-3-9(18-10)11(14)15/h3-4,8,13H,5-7H2,1-2H3,(H,14,15). The molecular formula is C12H17NO4S2. The Morgan fingerprint density at radius 3 is 2.53 bits per heavy atom. The van der Waals surface area contributed by atoms with Gasteiger partial charge >= 0.3 is 5.97 Å². The van der Waals surface area contributed by atoms with Gasteiger partial charge in [-0.3, -0.25) is 0 Å². The molecule has 1 aliphatic rings. The summed E-state index contributed by atoms with van der Waals surface area (Å²) in [6.45, 7) is 4.61. The van der Waals surface area contributed by atoms with Gasteiger partial charge in [0.05, 0.1) is 0 Å². The van der Waals surface area contributed by atoms with Crippen LogP contribution in [0, 0.1) is 11.3 Å². The predicted molar refractivity (Wildman–Crippen MR) is 73.0 cm³/mol. The van der Waals surface area contributed by atoms with E-state index >= 15 is 0 Å². The van der Waals surface area contributed by atoms with Crippen LogP contribution in [-0.4, -0.2) is 26.0 Å². The molecule has 0 bridgehead atoms. The minimum absolute atomic E-state index is 0.0327. The number of carboxylic acids is 1. The summed E-state index contributed by atoms with van der Waals surface area (Å²) in [5.41, 5.74) is 0.0833. The van der Waals surface area contributed by atoms with Crippen LogP contribution in [0.2, 0.25) is 0 Å². The van der Waals surface area contributed by atoms with Crippen LogP contribution in [0.1, 0.15) is 36.4 Å². The lowest BCUT2D eigenvalue weighted by molar-refractivity contribution is 0.0702. The number of hydrogen-bond acceptors (Lipinski definition) is 4. The van der Waals surface area contributed by atoms with Crippen LogP contribution in [-0.2, 0) is 10.0 Å². The first-order valence-corrected chi connectivity index (χ1v) is 8.40. The lowest BCUT2D eigenvalue weighted by Crippen LogP contribution is -2.32. The van der Waals surface area contributed by atoms with Crippen molar-refractivity contribution in [2.24, 2.45) is 11.3 Å². The second-order valence-corrected chi connectivity index (χ2v) is 8.34. The molecule has 0 amide bonds. The third-order valence-corrected chi connectivity index (χ3v) is 6.75. The molecule has 1 aromatic rings. The van der Waals surface area contributed by atoms with Crippen molar-refractivity contribution in [3.63, 3.8) is 0 Å². The Bertz CT molecular complexity index is 585. The maximum atomic E-state index is 12.1. The third-order valence-electron chi connectivity index (χ3n) is 3.79. The molecule has 0 radical (unpaired) electrons. The highest BCUT2D eigenvalue weighted by molar-refractivity contribution is 7.91. The lowest BCUT2D eigenvalue weighted by atomic mass is 9.93. The van der Waals surface area contributed by atoms with E-state index in [4.69, 9.17) is 5.11 Å². The van der Waals surface area contributed by atoms with Crippen LogP contribution in [0.25, 0.3) is 0 Å². The molecule has 5 nitrogen and oxygen atoms in total. The number of sulfonamides is 1. The summed E-state index contributed by atoms with van der Waals surface area (Å²) < 4.78 is 26.8. The van der Waals surface area contributed by atoms with Crippen molar-refractivity contribution in [1.82, 2.24) is 4.72 Å². The van der Waals surface area contributed by atoms with Gasteiger partial charge in [-0.25, -0.2) is 17.9 Å². The number of carbonyl (C=O) groups is 1. The first-order valence-electron chi connectivity index (χ1n) is 6.10. The summed E-state index contributed by atoms with van der Waals surface area (Å²) in [5.74, 6) is -0.666. The molecule has 0 aliphatic heterocycles. The van der Waals surface area contributed by atoms with Gasteiger partial charge in [0.25, 0.3) is 0 Å². The topological polar surface area (TPSA) is 83.5 Å². The molecule has 0 atom stereocenters. The maximum Gasteiger partial charge on any atom is 0.345 e. The average Bonchev–Trinajstić information content (AvgIpc) is 2.94. The van der Waals surface area contributed by atoms with Gasteiger partial charge in [-0.1, -0.05) is 13.8 Å². The molecule has 106 valence electrons. The zero-order valence-corrected chi connectivity index (χ0v) is 12.5. The van der Waals surface area contributed by atoms with Crippen molar-refractivity contribution in [3.8, 4) is 0 Å². The SMILES string of the molecule is CC(C)C1(CNS(=O)(=O)c2ccc(C(=O)O)s2)CC1. The van der Waals surface area contributed by atoms with Gasteiger partial charge in [0, 0.05) is 6.54 Å². The zero-order chi connectivity index (χ0) is 14.3. The van der Waals surface area contributed by atoms with Crippen molar-refractivity contribution >= 4 is 27.3 Å². The van der Waals surface area contributed by atoms with Crippen molar-refractivity contribution in [2.45, 2.75) is 30.9 Å².